The number of hydrogen-bond donors (Lipinski definition) is 2. The summed E-state index contributed by atoms with van der Waals surface area (Å²) in [4.78, 5) is 0. The van der Waals surface area contributed by atoms with Crippen LogP contribution >= 0.6 is 0 Å². The summed E-state index contributed by atoms with van der Waals surface area (Å²) >= 11 is 0. The molecule has 0 amide bonds. The van der Waals surface area contributed by atoms with Gasteiger partial charge in [0.1, 0.15) is 0 Å². The van der Waals surface area contributed by atoms with Gasteiger partial charge in [-0.25, -0.2) is 0 Å². The van der Waals surface area contributed by atoms with Crippen LogP contribution in [-0.4, -0.2) is 18.8 Å². The van der Waals surface area contributed by atoms with E-state index in [-0.39, 0.29) is 5.60 Å². The maximum Gasteiger partial charge on any atom is 0.0847 e. The molecule has 0 radical (unpaired) electrons. The summed E-state index contributed by atoms with van der Waals surface area (Å²) in [5.41, 5.74) is 3.14. The highest BCUT2D eigenvalue weighted by atomic mass is 16.5. The molecular weight excluding hydrogens is 248 g/mol. The highest BCUT2D eigenvalue weighted by Crippen LogP contribution is 2.42. The van der Waals surface area contributed by atoms with Crippen LogP contribution in [0.5, 0.6) is 0 Å². The monoisotopic (exact) mass is 282 g/mol. The molecule has 3 unspecified atom stereocenters. The van der Waals surface area contributed by atoms with Gasteiger partial charge in [-0.3, -0.25) is 11.3 Å². The summed E-state index contributed by atoms with van der Waals surface area (Å²) in [6, 6.07) is 0.316. The van der Waals surface area contributed by atoms with E-state index < -0.39 is 0 Å². The maximum atomic E-state index is 6.09. The molecule has 3 nitrogen and oxygen atoms in total. The van der Waals surface area contributed by atoms with Gasteiger partial charge < -0.3 is 4.74 Å². The lowest BCUT2D eigenvalue weighted by Crippen LogP contribution is -2.59. The quantitative estimate of drug-likeness (QED) is 0.470. The standard InChI is InChI=1S/C17H34N2O/c1-13-10-14(2)12-15(11-13)16(19-18)17(20-3)8-6-4-5-7-9-17/h13-16,19H,4-12,18H2,1-3H3. The van der Waals surface area contributed by atoms with Crippen molar-refractivity contribution in [3.05, 3.63) is 0 Å². The second-order valence-electron chi connectivity index (χ2n) is 7.50. The van der Waals surface area contributed by atoms with Crippen LogP contribution in [0.1, 0.15) is 71.6 Å². The zero-order valence-corrected chi connectivity index (χ0v) is 13.7. The van der Waals surface area contributed by atoms with Gasteiger partial charge in [0.05, 0.1) is 11.6 Å². The summed E-state index contributed by atoms with van der Waals surface area (Å²) < 4.78 is 6.09. The Kier molecular flexibility index (Phi) is 5.88. The van der Waals surface area contributed by atoms with Crippen LogP contribution in [-0.2, 0) is 4.74 Å². The van der Waals surface area contributed by atoms with Crippen molar-refractivity contribution in [3.63, 3.8) is 0 Å². The minimum atomic E-state index is -0.0350. The predicted octanol–water partition coefficient (Wildman–Crippen LogP) is 3.63. The Bertz CT molecular complexity index is 277. The molecule has 3 atom stereocenters. The highest BCUT2D eigenvalue weighted by Gasteiger charge is 2.44. The van der Waals surface area contributed by atoms with Gasteiger partial charge in [-0.05, 0) is 49.9 Å². The van der Waals surface area contributed by atoms with E-state index in [1.54, 1.807) is 0 Å². The van der Waals surface area contributed by atoms with Crippen molar-refractivity contribution in [1.29, 1.82) is 0 Å². The van der Waals surface area contributed by atoms with Crippen molar-refractivity contribution in [2.24, 2.45) is 23.6 Å². The fraction of sp³-hybridized carbons (Fsp3) is 1.00. The number of ether oxygens (including phenoxy) is 1. The van der Waals surface area contributed by atoms with Crippen molar-refractivity contribution in [1.82, 2.24) is 5.43 Å². The lowest BCUT2D eigenvalue weighted by atomic mass is 9.68. The fourth-order valence-corrected chi connectivity index (χ4v) is 4.97. The van der Waals surface area contributed by atoms with E-state index >= 15 is 0 Å². The summed E-state index contributed by atoms with van der Waals surface area (Å²) in [5, 5.41) is 0. The van der Waals surface area contributed by atoms with Gasteiger partial charge in [0.2, 0.25) is 0 Å². The van der Waals surface area contributed by atoms with Crippen molar-refractivity contribution in [3.8, 4) is 0 Å². The minimum Gasteiger partial charge on any atom is -0.377 e. The van der Waals surface area contributed by atoms with Crippen LogP contribution in [0.15, 0.2) is 0 Å². The van der Waals surface area contributed by atoms with Gasteiger partial charge in [-0.2, -0.15) is 0 Å². The zero-order chi connectivity index (χ0) is 14.6. The molecule has 0 aliphatic heterocycles. The Morgan fingerprint density at radius 3 is 2.00 bits per heavy atom. The first-order valence-electron chi connectivity index (χ1n) is 8.62. The van der Waals surface area contributed by atoms with E-state index in [1.807, 2.05) is 7.11 Å². The molecule has 118 valence electrons. The SMILES string of the molecule is COC1(C(NN)C2CC(C)CC(C)C2)CCCCCC1. The average Bonchev–Trinajstić information content (AvgIpc) is 2.65. The van der Waals surface area contributed by atoms with Crippen LogP contribution in [0.3, 0.4) is 0 Å². The summed E-state index contributed by atoms with van der Waals surface area (Å²) in [7, 11) is 1.89. The Hall–Kier alpha value is -0.120. The first-order valence-corrected chi connectivity index (χ1v) is 8.62. The van der Waals surface area contributed by atoms with Gasteiger partial charge in [0, 0.05) is 7.11 Å². The van der Waals surface area contributed by atoms with Gasteiger partial charge >= 0.3 is 0 Å². The molecule has 0 saturated heterocycles. The lowest BCUT2D eigenvalue weighted by molar-refractivity contribution is -0.0765. The number of hydrogen-bond acceptors (Lipinski definition) is 3. The van der Waals surface area contributed by atoms with Gasteiger partial charge in [0.25, 0.3) is 0 Å². The number of nitrogens with one attached hydrogen (secondary N) is 1. The van der Waals surface area contributed by atoms with E-state index in [0.717, 1.165) is 24.7 Å². The average molecular weight is 282 g/mol. The topological polar surface area (TPSA) is 47.3 Å². The maximum absolute atomic E-state index is 6.09. The molecule has 0 aromatic rings. The molecule has 2 aliphatic rings. The van der Waals surface area contributed by atoms with Crippen molar-refractivity contribution in [2.75, 3.05) is 7.11 Å². The Morgan fingerprint density at radius 1 is 1.00 bits per heavy atom. The number of rotatable bonds is 4. The van der Waals surface area contributed by atoms with Crippen molar-refractivity contribution < 1.29 is 4.74 Å². The molecule has 20 heavy (non-hydrogen) atoms. The Balaban J connectivity index is 2.15. The van der Waals surface area contributed by atoms with E-state index in [2.05, 4.69) is 19.3 Å². The number of methoxy groups -OCH3 is 1. The normalized spacial score (nSPS) is 36.3. The number of nitrogens with two attached hydrogens (primary N) is 1. The summed E-state index contributed by atoms with van der Waals surface area (Å²) in [6.45, 7) is 4.78. The molecule has 0 heterocycles. The van der Waals surface area contributed by atoms with Crippen molar-refractivity contribution in [2.45, 2.75) is 83.3 Å². The smallest absolute Gasteiger partial charge is 0.0847 e. The highest BCUT2D eigenvalue weighted by molar-refractivity contribution is 4.98. The molecule has 0 bridgehead atoms. The first-order chi connectivity index (χ1) is 9.61. The van der Waals surface area contributed by atoms with E-state index in [0.29, 0.717) is 12.0 Å². The summed E-state index contributed by atoms with van der Waals surface area (Å²) in [6.07, 6.45) is 11.5. The molecule has 2 saturated carbocycles. The van der Waals surface area contributed by atoms with Crippen molar-refractivity contribution >= 4 is 0 Å². The van der Waals surface area contributed by atoms with Gasteiger partial charge in [0.15, 0.2) is 0 Å². The first kappa shape index (κ1) is 16.3. The molecule has 3 heteroatoms. The molecule has 2 rings (SSSR count). The van der Waals surface area contributed by atoms with Crippen LogP contribution in [0.25, 0.3) is 0 Å². The van der Waals surface area contributed by atoms with E-state index in [4.69, 9.17) is 10.6 Å². The Morgan fingerprint density at radius 2 is 1.55 bits per heavy atom. The third-order valence-electron chi connectivity index (χ3n) is 5.79. The Labute approximate surface area is 125 Å². The minimum absolute atomic E-state index is 0.0350. The van der Waals surface area contributed by atoms with E-state index in [9.17, 15) is 0 Å². The molecule has 0 spiro atoms. The lowest BCUT2D eigenvalue weighted by Gasteiger charge is -2.46. The molecule has 2 aliphatic carbocycles. The second-order valence-corrected chi connectivity index (χ2v) is 7.50. The van der Waals surface area contributed by atoms with Crippen LogP contribution in [0.2, 0.25) is 0 Å². The van der Waals surface area contributed by atoms with Gasteiger partial charge in [-0.1, -0.05) is 39.5 Å². The van der Waals surface area contributed by atoms with E-state index in [1.165, 1.54) is 44.9 Å². The third kappa shape index (κ3) is 3.55. The second kappa shape index (κ2) is 7.24. The van der Waals surface area contributed by atoms with Gasteiger partial charge in [-0.15, -0.1) is 0 Å². The molecule has 3 N–H and O–H groups in total. The zero-order valence-electron chi connectivity index (χ0n) is 13.7. The predicted molar refractivity (Wildman–Crippen MR) is 84.2 cm³/mol. The number of hydrazine groups is 1. The summed E-state index contributed by atoms with van der Waals surface area (Å²) in [5.74, 6) is 8.31. The van der Waals surface area contributed by atoms with Crippen LogP contribution in [0.4, 0.5) is 0 Å². The third-order valence-corrected chi connectivity index (χ3v) is 5.79. The molecule has 2 fully saturated rings. The van der Waals surface area contributed by atoms with Crippen LogP contribution in [0, 0.1) is 17.8 Å². The molecule has 0 aromatic carbocycles. The largest absolute Gasteiger partial charge is 0.377 e. The van der Waals surface area contributed by atoms with Crippen LogP contribution < -0.4 is 11.3 Å². The molecule has 0 aromatic heterocycles. The molecular formula is C17H34N2O. The fourth-order valence-electron chi connectivity index (χ4n) is 4.97.